The van der Waals surface area contributed by atoms with E-state index in [1.54, 1.807) is 0 Å². The second kappa shape index (κ2) is 5.99. The first-order valence-electron chi connectivity index (χ1n) is 3.79. The third-order valence-corrected chi connectivity index (χ3v) is 1.21. The predicted octanol–water partition coefficient (Wildman–Crippen LogP) is 1.48. The maximum absolute atomic E-state index is 10.2. The van der Waals surface area contributed by atoms with E-state index in [1.165, 1.54) is 6.92 Å². The van der Waals surface area contributed by atoms with E-state index in [4.69, 9.17) is 9.84 Å². The van der Waals surface area contributed by atoms with Crippen molar-refractivity contribution in [2.75, 3.05) is 0 Å². The molecular weight excluding hydrogens is 172 g/mol. The Balaban J connectivity index is 0.000000252. The lowest BCUT2D eigenvalue weighted by molar-refractivity contribution is -0.137. The molecule has 72 valence electrons. The van der Waals surface area contributed by atoms with Crippen molar-refractivity contribution in [3.05, 3.63) is 24.5 Å². The van der Waals surface area contributed by atoms with Gasteiger partial charge in [0.15, 0.2) is 0 Å². The third kappa shape index (κ3) is 6.80. The fourth-order valence-corrected chi connectivity index (χ4v) is 0.539. The van der Waals surface area contributed by atoms with Crippen LogP contribution in [0, 0.1) is 0 Å². The lowest BCUT2D eigenvalue weighted by atomic mass is 10.1. The van der Waals surface area contributed by atoms with E-state index >= 15 is 0 Å². The highest BCUT2D eigenvalue weighted by Gasteiger charge is 2.07. The van der Waals surface area contributed by atoms with Crippen molar-refractivity contribution < 1.29 is 19.4 Å². The summed E-state index contributed by atoms with van der Waals surface area (Å²) in [5.74, 6) is -0.363. The van der Waals surface area contributed by atoms with Gasteiger partial charge in [0.25, 0.3) is 0 Å². The Kier molecular flexibility index (Phi) is 5.27. The van der Waals surface area contributed by atoms with Gasteiger partial charge in [0.05, 0.1) is 0 Å². The van der Waals surface area contributed by atoms with Crippen molar-refractivity contribution in [1.82, 2.24) is 0 Å². The van der Waals surface area contributed by atoms with E-state index in [9.17, 15) is 9.59 Å². The van der Waals surface area contributed by atoms with Gasteiger partial charge in [-0.05, 0) is 12.5 Å². The molecule has 0 aliphatic heterocycles. The van der Waals surface area contributed by atoms with Crippen LogP contribution in [0.5, 0.6) is 0 Å². The van der Waals surface area contributed by atoms with E-state index in [0.717, 1.165) is 24.7 Å². The van der Waals surface area contributed by atoms with Gasteiger partial charge in [0.1, 0.15) is 5.76 Å². The second-order valence-electron chi connectivity index (χ2n) is 2.35. The quantitative estimate of drug-likeness (QED) is 0.521. The van der Waals surface area contributed by atoms with Gasteiger partial charge in [-0.25, -0.2) is 4.79 Å². The molecule has 0 aromatic rings. The summed E-state index contributed by atoms with van der Waals surface area (Å²) in [5.41, 5.74) is 0. The number of carboxylic acids is 1. The zero-order chi connectivity index (χ0) is 10.3. The van der Waals surface area contributed by atoms with E-state index in [0.29, 0.717) is 0 Å². The normalized spacial score (nSPS) is 12.5. The molecule has 0 unspecified atom stereocenters. The molecule has 13 heavy (non-hydrogen) atoms. The molecule has 1 rings (SSSR count). The van der Waals surface area contributed by atoms with Gasteiger partial charge in [-0.15, -0.1) is 0 Å². The standard InChI is InChI=1S/C6H8O2.C3H4O2/c1-5(7)8-6-3-2-4-6;1-2-3(4)5/h3H,2,4H2,1H3;2H,1H2,(H,4,5). The molecule has 0 bridgehead atoms. The van der Waals surface area contributed by atoms with Crippen LogP contribution < -0.4 is 0 Å². The number of esters is 1. The molecular formula is C9H12O4. The zero-order valence-corrected chi connectivity index (χ0v) is 7.45. The number of aliphatic carboxylic acids is 1. The average molecular weight is 184 g/mol. The van der Waals surface area contributed by atoms with Crippen LogP contribution in [0.1, 0.15) is 19.8 Å². The van der Waals surface area contributed by atoms with E-state index in [1.807, 2.05) is 6.08 Å². The van der Waals surface area contributed by atoms with Gasteiger partial charge in [0.2, 0.25) is 0 Å². The lowest BCUT2D eigenvalue weighted by Gasteiger charge is -2.11. The molecule has 0 radical (unpaired) electrons. The minimum Gasteiger partial charge on any atom is -0.478 e. The molecule has 0 spiro atoms. The van der Waals surface area contributed by atoms with Gasteiger partial charge in [-0.3, -0.25) is 4.79 Å². The number of hydrogen-bond acceptors (Lipinski definition) is 3. The van der Waals surface area contributed by atoms with Crippen LogP contribution in [0.2, 0.25) is 0 Å². The summed E-state index contributed by atoms with van der Waals surface area (Å²) in [6, 6.07) is 0. The first kappa shape index (κ1) is 11.4. The lowest BCUT2D eigenvalue weighted by Crippen LogP contribution is -2.03. The van der Waals surface area contributed by atoms with Crippen LogP contribution in [0.3, 0.4) is 0 Å². The van der Waals surface area contributed by atoms with Gasteiger partial charge >= 0.3 is 11.9 Å². The molecule has 0 aromatic heterocycles. The number of rotatable bonds is 2. The van der Waals surface area contributed by atoms with Gasteiger partial charge < -0.3 is 9.84 Å². The average Bonchev–Trinajstić information content (AvgIpc) is 1.98. The SMILES string of the molecule is C=CC(=O)O.CC(=O)OC1=CCC1. The summed E-state index contributed by atoms with van der Waals surface area (Å²) < 4.78 is 4.71. The van der Waals surface area contributed by atoms with Gasteiger partial charge in [-0.2, -0.15) is 0 Å². The minimum atomic E-state index is -0.981. The largest absolute Gasteiger partial charge is 0.478 e. The first-order chi connectivity index (χ1) is 6.06. The Bertz CT molecular complexity index is 240. The van der Waals surface area contributed by atoms with Crippen LogP contribution in [-0.2, 0) is 14.3 Å². The smallest absolute Gasteiger partial charge is 0.327 e. The Hall–Kier alpha value is -1.58. The van der Waals surface area contributed by atoms with E-state index < -0.39 is 5.97 Å². The van der Waals surface area contributed by atoms with Crippen molar-refractivity contribution in [2.45, 2.75) is 19.8 Å². The zero-order valence-electron chi connectivity index (χ0n) is 7.45. The molecule has 0 amide bonds. The van der Waals surface area contributed by atoms with Crippen molar-refractivity contribution >= 4 is 11.9 Å². The molecule has 4 heteroatoms. The molecule has 1 aliphatic rings. The van der Waals surface area contributed by atoms with Crippen LogP contribution in [-0.4, -0.2) is 17.0 Å². The predicted molar refractivity (Wildman–Crippen MR) is 46.9 cm³/mol. The van der Waals surface area contributed by atoms with Crippen LogP contribution in [0.4, 0.5) is 0 Å². The number of ether oxygens (including phenoxy) is 1. The molecule has 0 aromatic carbocycles. The Morgan fingerprint density at radius 2 is 2.15 bits per heavy atom. The highest BCUT2D eigenvalue weighted by molar-refractivity contribution is 5.78. The van der Waals surface area contributed by atoms with Crippen molar-refractivity contribution in [3.8, 4) is 0 Å². The molecule has 0 saturated heterocycles. The Morgan fingerprint density at radius 3 is 2.23 bits per heavy atom. The number of allylic oxidation sites excluding steroid dienone is 2. The van der Waals surface area contributed by atoms with Crippen molar-refractivity contribution in [3.63, 3.8) is 0 Å². The number of carboxylic acid groups (broad SMARTS) is 1. The topological polar surface area (TPSA) is 63.6 Å². The molecule has 0 heterocycles. The maximum Gasteiger partial charge on any atom is 0.327 e. The number of carbonyl (C=O) groups is 2. The third-order valence-electron chi connectivity index (χ3n) is 1.21. The molecule has 0 saturated carbocycles. The summed E-state index contributed by atoms with van der Waals surface area (Å²) in [6.07, 6.45) is 4.74. The molecule has 0 atom stereocenters. The highest BCUT2D eigenvalue weighted by atomic mass is 16.5. The summed E-state index contributed by atoms with van der Waals surface area (Å²) in [5, 5.41) is 7.60. The van der Waals surface area contributed by atoms with Crippen LogP contribution in [0.25, 0.3) is 0 Å². The second-order valence-corrected chi connectivity index (χ2v) is 2.35. The minimum absolute atomic E-state index is 0.212. The maximum atomic E-state index is 10.2. The fourth-order valence-electron chi connectivity index (χ4n) is 0.539. The van der Waals surface area contributed by atoms with Gasteiger partial charge in [0, 0.05) is 19.4 Å². The molecule has 1 N–H and O–H groups in total. The van der Waals surface area contributed by atoms with Crippen LogP contribution in [0.15, 0.2) is 24.5 Å². The summed E-state index contributed by atoms with van der Waals surface area (Å²) in [4.78, 5) is 19.4. The molecule has 4 nitrogen and oxygen atoms in total. The van der Waals surface area contributed by atoms with Gasteiger partial charge in [-0.1, -0.05) is 6.58 Å². The Morgan fingerprint density at radius 1 is 1.69 bits per heavy atom. The van der Waals surface area contributed by atoms with E-state index in [2.05, 4.69) is 6.58 Å². The summed E-state index contributed by atoms with van der Waals surface area (Å²) >= 11 is 0. The number of carbonyl (C=O) groups excluding carboxylic acids is 1. The summed E-state index contributed by atoms with van der Waals surface area (Å²) in [6.45, 7) is 4.38. The van der Waals surface area contributed by atoms with Crippen LogP contribution >= 0.6 is 0 Å². The molecule has 0 fully saturated rings. The van der Waals surface area contributed by atoms with E-state index in [-0.39, 0.29) is 5.97 Å². The van der Waals surface area contributed by atoms with Crippen molar-refractivity contribution in [1.29, 1.82) is 0 Å². The summed E-state index contributed by atoms with van der Waals surface area (Å²) in [7, 11) is 0. The monoisotopic (exact) mass is 184 g/mol. The van der Waals surface area contributed by atoms with Crippen molar-refractivity contribution in [2.24, 2.45) is 0 Å². The first-order valence-corrected chi connectivity index (χ1v) is 3.79. The highest BCUT2D eigenvalue weighted by Crippen LogP contribution is 2.18. The fraction of sp³-hybridized carbons (Fsp3) is 0.333. The molecule has 1 aliphatic carbocycles. The number of hydrogen-bond donors (Lipinski definition) is 1. The Labute approximate surface area is 76.5 Å².